The van der Waals surface area contributed by atoms with Gasteiger partial charge in [0, 0.05) is 46.0 Å². The first-order valence-corrected chi connectivity index (χ1v) is 11.4. The second kappa shape index (κ2) is 10.1. The van der Waals surface area contributed by atoms with Gasteiger partial charge < -0.3 is 20.4 Å². The summed E-state index contributed by atoms with van der Waals surface area (Å²) in [7, 11) is 3.71. The molecule has 7 nitrogen and oxygen atoms in total. The Labute approximate surface area is 181 Å². The van der Waals surface area contributed by atoms with E-state index in [4.69, 9.17) is 4.99 Å². The highest BCUT2D eigenvalue weighted by atomic mass is 16.2. The maximum absolute atomic E-state index is 12.8. The predicted octanol–water partition coefficient (Wildman–Crippen LogP) is 2.56. The summed E-state index contributed by atoms with van der Waals surface area (Å²) in [6, 6.07) is 4.61. The minimum atomic E-state index is -0.327. The number of carbonyl (C=O) groups excluding carboxylic acids is 1. The third kappa shape index (κ3) is 5.43. The lowest BCUT2D eigenvalue weighted by Crippen LogP contribution is -2.49. The van der Waals surface area contributed by atoms with Gasteiger partial charge in [-0.05, 0) is 51.2 Å². The first-order chi connectivity index (χ1) is 14.4. The number of aromatic nitrogens is 1. The van der Waals surface area contributed by atoms with Gasteiger partial charge >= 0.3 is 0 Å². The number of carbonyl (C=O) groups is 1. The summed E-state index contributed by atoms with van der Waals surface area (Å²) in [4.78, 5) is 26.3. The molecule has 2 aliphatic rings. The number of rotatable bonds is 6. The van der Waals surface area contributed by atoms with Crippen molar-refractivity contribution >= 4 is 17.7 Å². The van der Waals surface area contributed by atoms with Crippen LogP contribution in [0.4, 0.5) is 5.82 Å². The first-order valence-electron chi connectivity index (χ1n) is 11.4. The number of pyridine rings is 1. The van der Waals surface area contributed by atoms with Gasteiger partial charge in [-0.3, -0.25) is 9.79 Å². The van der Waals surface area contributed by atoms with E-state index in [1.807, 2.05) is 20.3 Å². The number of anilines is 1. The van der Waals surface area contributed by atoms with Crippen LogP contribution in [-0.2, 0) is 4.79 Å². The minimum Gasteiger partial charge on any atom is -0.357 e. The fourth-order valence-corrected chi connectivity index (χ4v) is 4.61. The average molecular weight is 415 g/mol. The van der Waals surface area contributed by atoms with Gasteiger partial charge in [-0.25, -0.2) is 4.98 Å². The SMILES string of the molecule is CCNC(=NCC1(C(=O)N(C)C)CCCC1)NC1CCN(c2ccc(C)cn2)CC1. The highest BCUT2D eigenvalue weighted by Crippen LogP contribution is 2.39. The number of nitrogens with one attached hydrogen (secondary N) is 2. The lowest BCUT2D eigenvalue weighted by atomic mass is 9.85. The Kier molecular flexibility index (Phi) is 7.56. The number of piperidine rings is 1. The van der Waals surface area contributed by atoms with Crippen LogP contribution in [0.2, 0.25) is 0 Å². The molecule has 0 spiro atoms. The monoisotopic (exact) mass is 414 g/mol. The summed E-state index contributed by atoms with van der Waals surface area (Å²) in [5.41, 5.74) is 0.862. The number of nitrogens with zero attached hydrogens (tertiary/aromatic N) is 4. The molecule has 1 aliphatic heterocycles. The van der Waals surface area contributed by atoms with Gasteiger partial charge in [0.25, 0.3) is 0 Å². The fraction of sp³-hybridized carbons (Fsp3) is 0.696. The molecule has 3 rings (SSSR count). The molecule has 1 saturated carbocycles. The zero-order valence-corrected chi connectivity index (χ0v) is 19.1. The van der Waals surface area contributed by atoms with Crippen molar-refractivity contribution in [2.75, 3.05) is 45.2 Å². The summed E-state index contributed by atoms with van der Waals surface area (Å²) < 4.78 is 0. The molecule has 1 amide bonds. The van der Waals surface area contributed by atoms with Crippen LogP contribution in [0.3, 0.4) is 0 Å². The normalized spacial score (nSPS) is 19.6. The van der Waals surface area contributed by atoms with E-state index in [0.717, 1.165) is 69.9 Å². The molecule has 0 unspecified atom stereocenters. The maximum atomic E-state index is 12.8. The third-order valence-corrected chi connectivity index (χ3v) is 6.36. The van der Waals surface area contributed by atoms with Crippen LogP contribution in [0.15, 0.2) is 23.3 Å². The molecule has 0 atom stereocenters. The van der Waals surface area contributed by atoms with Gasteiger partial charge in [0.2, 0.25) is 5.91 Å². The molecule has 1 aromatic rings. The third-order valence-electron chi connectivity index (χ3n) is 6.36. The molecule has 1 saturated heterocycles. The number of aryl methyl sites for hydroxylation is 1. The predicted molar refractivity (Wildman–Crippen MR) is 123 cm³/mol. The molecule has 1 aromatic heterocycles. The Balaban J connectivity index is 1.59. The second-order valence-corrected chi connectivity index (χ2v) is 8.98. The van der Waals surface area contributed by atoms with Gasteiger partial charge in [0.05, 0.1) is 12.0 Å². The van der Waals surface area contributed by atoms with Crippen molar-refractivity contribution in [3.05, 3.63) is 23.9 Å². The molecule has 30 heavy (non-hydrogen) atoms. The van der Waals surface area contributed by atoms with Crippen molar-refractivity contribution in [3.8, 4) is 0 Å². The van der Waals surface area contributed by atoms with E-state index in [1.165, 1.54) is 5.56 Å². The number of aliphatic imine (C=N–C) groups is 1. The van der Waals surface area contributed by atoms with Crippen LogP contribution in [0, 0.1) is 12.3 Å². The van der Waals surface area contributed by atoms with Gasteiger partial charge in [-0.1, -0.05) is 18.9 Å². The molecule has 2 heterocycles. The molecule has 0 aromatic carbocycles. The maximum Gasteiger partial charge on any atom is 0.230 e. The van der Waals surface area contributed by atoms with E-state index in [-0.39, 0.29) is 11.3 Å². The average Bonchev–Trinajstić information content (AvgIpc) is 3.23. The van der Waals surface area contributed by atoms with Gasteiger partial charge in [0.15, 0.2) is 5.96 Å². The summed E-state index contributed by atoms with van der Waals surface area (Å²) in [5.74, 6) is 2.12. The van der Waals surface area contributed by atoms with Gasteiger partial charge in [-0.15, -0.1) is 0 Å². The zero-order valence-electron chi connectivity index (χ0n) is 19.1. The van der Waals surface area contributed by atoms with Crippen LogP contribution >= 0.6 is 0 Å². The van der Waals surface area contributed by atoms with Crippen molar-refractivity contribution in [2.24, 2.45) is 10.4 Å². The van der Waals surface area contributed by atoms with E-state index in [9.17, 15) is 4.79 Å². The lowest BCUT2D eigenvalue weighted by molar-refractivity contribution is -0.138. The van der Waals surface area contributed by atoms with Crippen LogP contribution in [0.25, 0.3) is 0 Å². The van der Waals surface area contributed by atoms with E-state index in [0.29, 0.717) is 12.6 Å². The molecule has 0 radical (unpaired) electrons. The van der Waals surface area contributed by atoms with E-state index in [2.05, 4.69) is 46.5 Å². The fourth-order valence-electron chi connectivity index (χ4n) is 4.61. The molecule has 2 fully saturated rings. The smallest absolute Gasteiger partial charge is 0.230 e. The van der Waals surface area contributed by atoms with Crippen LogP contribution < -0.4 is 15.5 Å². The highest BCUT2D eigenvalue weighted by molar-refractivity contribution is 5.84. The minimum absolute atomic E-state index is 0.221. The van der Waals surface area contributed by atoms with Gasteiger partial charge in [0.1, 0.15) is 5.82 Å². The van der Waals surface area contributed by atoms with E-state index in [1.54, 1.807) is 4.90 Å². The van der Waals surface area contributed by atoms with Crippen LogP contribution in [0.5, 0.6) is 0 Å². The number of hydrogen-bond donors (Lipinski definition) is 2. The Morgan fingerprint density at radius 2 is 1.97 bits per heavy atom. The van der Waals surface area contributed by atoms with Crippen LogP contribution in [0.1, 0.15) is 51.0 Å². The summed E-state index contributed by atoms with van der Waals surface area (Å²) in [6.07, 6.45) is 8.13. The van der Waals surface area contributed by atoms with Crippen molar-refractivity contribution in [2.45, 2.75) is 58.4 Å². The first kappa shape index (κ1) is 22.4. The highest BCUT2D eigenvalue weighted by Gasteiger charge is 2.42. The van der Waals surface area contributed by atoms with Crippen molar-refractivity contribution in [1.29, 1.82) is 0 Å². The molecule has 1 aliphatic carbocycles. The van der Waals surface area contributed by atoms with Gasteiger partial charge in [-0.2, -0.15) is 0 Å². The molecule has 166 valence electrons. The molecule has 0 bridgehead atoms. The van der Waals surface area contributed by atoms with E-state index >= 15 is 0 Å². The lowest BCUT2D eigenvalue weighted by Gasteiger charge is -2.34. The molecule has 2 N–H and O–H groups in total. The Hall–Kier alpha value is -2.31. The Bertz CT molecular complexity index is 716. The zero-order chi connectivity index (χ0) is 21.6. The summed E-state index contributed by atoms with van der Waals surface area (Å²) >= 11 is 0. The molecule has 7 heteroatoms. The second-order valence-electron chi connectivity index (χ2n) is 8.98. The number of guanidine groups is 1. The Morgan fingerprint density at radius 1 is 1.27 bits per heavy atom. The number of hydrogen-bond acceptors (Lipinski definition) is 4. The van der Waals surface area contributed by atoms with Crippen molar-refractivity contribution in [1.82, 2.24) is 20.5 Å². The topological polar surface area (TPSA) is 72.9 Å². The molecular formula is C23H38N6O. The summed E-state index contributed by atoms with van der Waals surface area (Å²) in [5, 5.41) is 6.99. The number of amides is 1. The molecular weight excluding hydrogens is 376 g/mol. The standard InChI is InChI=1S/C23H38N6O/c1-5-24-22(26-17-23(12-6-7-13-23)21(30)28(3)4)27-19-10-14-29(15-11-19)20-9-8-18(2)16-25-20/h8-9,16,19H,5-7,10-15,17H2,1-4H3,(H2,24,26,27). The summed E-state index contributed by atoms with van der Waals surface area (Å²) in [6.45, 7) is 7.49. The van der Waals surface area contributed by atoms with Crippen molar-refractivity contribution in [3.63, 3.8) is 0 Å². The van der Waals surface area contributed by atoms with E-state index < -0.39 is 0 Å². The van der Waals surface area contributed by atoms with Crippen LogP contribution in [-0.4, -0.2) is 68.1 Å². The van der Waals surface area contributed by atoms with Crippen molar-refractivity contribution < 1.29 is 4.79 Å². The Morgan fingerprint density at radius 3 is 2.53 bits per heavy atom. The quantitative estimate of drug-likeness (QED) is 0.553. The largest absolute Gasteiger partial charge is 0.357 e.